The minimum absolute atomic E-state index is 0.152. The van der Waals surface area contributed by atoms with Gasteiger partial charge in [0.25, 0.3) is 5.92 Å². The number of halogens is 7. The smallest absolute Gasteiger partial charge is 0.377 e. The highest BCUT2D eigenvalue weighted by Gasteiger charge is 2.82. The lowest BCUT2D eigenvalue weighted by Gasteiger charge is -2.74. The largest absolute Gasteiger partial charge is 0.433 e. The van der Waals surface area contributed by atoms with Gasteiger partial charge in [0.2, 0.25) is 0 Å². The summed E-state index contributed by atoms with van der Waals surface area (Å²) >= 11 is 0. The molecule has 3 saturated carbocycles. The zero-order chi connectivity index (χ0) is 24.6. The molecule has 0 aliphatic heterocycles. The summed E-state index contributed by atoms with van der Waals surface area (Å²) in [5.74, 6) is -6.29. The lowest BCUT2D eigenvalue weighted by Crippen LogP contribution is -2.76. The van der Waals surface area contributed by atoms with E-state index in [0.29, 0.717) is 11.6 Å². The predicted octanol–water partition coefficient (Wildman–Crippen LogP) is 4.01. The minimum Gasteiger partial charge on any atom is -0.377 e. The Morgan fingerprint density at radius 3 is 2.24 bits per heavy atom. The predicted molar refractivity (Wildman–Crippen MR) is 100 cm³/mol. The molecule has 6 rings (SSSR count). The number of nitrogens with zero attached hydrogens (tertiary/aromatic N) is 5. The molecule has 6 nitrogen and oxygen atoms in total. The molecule has 180 valence electrons. The number of pyridine rings is 1. The maximum absolute atomic E-state index is 16.0. The first-order chi connectivity index (χ1) is 15.8. The summed E-state index contributed by atoms with van der Waals surface area (Å²) in [4.78, 5) is 3.40. The van der Waals surface area contributed by atoms with Crippen LogP contribution in [0.4, 0.5) is 30.7 Å². The van der Waals surface area contributed by atoms with E-state index in [4.69, 9.17) is 0 Å². The van der Waals surface area contributed by atoms with Gasteiger partial charge in [0, 0.05) is 23.2 Å². The second-order valence-electron chi connectivity index (χ2n) is 9.09. The fraction of sp³-hybridized carbons (Fsp3) is 0.429. The molecule has 1 atom stereocenters. The lowest BCUT2D eigenvalue weighted by atomic mass is 9.30. The van der Waals surface area contributed by atoms with Crippen molar-refractivity contribution in [1.82, 2.24) is 25.2 Å². The third kappa shape index (κ3) is 3.05. The van der Waals surface area contributed by atoms with Crippen molar-refractivity contribution in [1.29, 1.82) is 0 Å². The summed E-state index contributed by atoms with van der Waals surface area (Å²) in [7, 11) is 0. The Labute approximate surface area is 187 Å². The number of tetrazole rings is 1. The molecule has 13 heteroatoms. The Morgan fingerprint density at radius 2 is 1.71 bits per heavy atom. The number of alkyl halides is 5. The number of rotatable bonds is 6. The molecule has 34 heavy (non-hydrogen) atoms. The number of aliphatic hydroxyl groups is 1. The van der Waals surface area contributed by atoms with E-state index >= 15 is 8.78 Å². The van der Waals surface area contributed by atoms with Gasteiger partial charge in [-0.3, -0.25) is 4.98 Å². The van der Waals surface area contributed by atoms with Crippen LogP contribution in [0.5, 0.6) is 0 Å². The van der Waals surface area contributed by atoms with Crippen LogP contribution in [-0.4, -0.2) is 36.2 Å². The minimum atomic E-state index is -4.63. The third-order valence-corrected chi connectivity index (χ3v) is 7.04. The molecule has 2 aromatic heterocycles. The molecule has 0 amide bonds. The summed E-state index contributed by atoms with van der Waals surface area (Å²) in [6.45, 7) is -0.911. The Kier molecular flexibility index (Phi) is 4.65. The first-order valence-electron chi connectivity index (χ1n) is 10.1. The van der Waals surface area contributed by atoms with Gasteiger partial charge < -0.3 is 5.11 Å². The van der Waals surface area contributed by atoms with E-state index in [1.807, 2.05) is 0 Å². The zero-order valence-corrected chi connectivity index (χ0v) is 17.2. The highest BCUT2D eigenvalue weighted by atomic mass is 19.4. The summed E-state index contributed by atoms with van der Waals surface area (Å²) in [6, 6.07) is 3.92. The topological polar surface area (TPSA) is 76.7 Å². The molecule has 0 unspecified atom stereocenters. The van der Waals surface area contributed by atoms with Gasteiger partial charge in [0.1, 0.15) is 23.7 Å². The number of benzene rings is 1. The van der Waals surface area contributed by atoms with Crippen LogP contribution in [0.3, 0.4) is 0 Å². The van der Waals surface area contributed by atoms with Crippen molar-refractivity contribution in [3.05, 3.63) is 71.3 Å². The number of hydrogen-bond donors (Lipinski definition) is 1. The van der Waals surface area contributed by atoms with Crippen molar-refractivity contribution in [3.63, 3.8) is 0 Å². The molecule has 2 bridgehead atoms. The Hall–Kier alpha value is -3.09. The zero-order valence-electron chi connectivity index (χ0n) is 17.2. The SMILES string of the molecule is O[C@](Cn1cnnn1)(c1ccc(F)cc1F)C(F)(F)C12CC(c3ccc(C(F)(F)F)nc3)(C1)C2. The Balaban J connectivity index is 1.47. The number of aromatic nitrogens is 5. The number of hydrogen-bond acceptors (Lipinski definition) is 5. The van der Waals surface area contributed by atoms with Crippen molar-refractivity contribution in [2.24, 2.45) is 5.41 Å². The maximum Gasteiger partial charge on any atom is 0.433 e. The van der Waals surface area contributed by atoms with Crippen LogP contribution in [0, 0.1) is 17.0 Å². The van der Waals surface area contributed by atoms with E-state index in [9.17, 15) is 27.1 Å². The first kappa shape index (κ1) is 22.7. The van der Waals surface area contributed by atoms with Crippen molar-refractivity contribution < 1.29 is 35.8 Å². The summed E-state index contributed by atoms with van der Waals surface area (Å²) in [6.07, 6.45) is -3.09. The molecule has 2 heterocycles. The lowest BCUT2D eigenvalue weighted by molar-refractivity contribution is -0.347. The quantitative estimate of drug-likeness (QED) is 0.532. The highest BCUT2D eigenvalue weighted by molar-refractivity contribution is 5.42. The Bertz CT molecular complexity index is 1210. The molecule has 0 spiro atoms. The van der Waals surface area contributed by atoms with Crippen LogP contribution in [0.2, 0.25) is 0 Å². The molecule has 3 aliphatic rings. The fourth-order valence-corrected chi connectivity index (χ4v) is 5.41. The molecular weight excluding hydrogens is 471 g/mol. The van der Waals surface area contributed by atoms with E-state index < -0.39 is 58.0 Å². The summed E-state index contributed by atoms with van der Waals surface area (Å²) in [5, 5.41) is 21.4. The van der Waals surface area contributed by atoms with Crippen molar-refractivity contribution in [3.8, 4) is 0 Å². The van der Waals surface area contributed by atoms with E-state index in [2.05, 4.69) is 20.5 Å². The second kappa shape index (κ2) is 6.96. The molecule has 0 saturated heterocycles. The van der Waals surface area contributed by atoms with Gasteiger partial charge in [-0.2, -0.15) is 13.2 Å². The average molecular weight is 487 g/mol. The average Bonchev–Trinajstić information content (AvgIpc) is 3.18. The standard InChI is InChI=1S/C21H16F7N5O/c22-13-2-3-14(15(23)5-13)19(34,10-33-11-30-31-32-33)21(27,28)18-7-17(8-18,9-18)12-1-4-16(29-6-12)20(24,25)26/h1-6,11,34H,7-10H2/t17?,18?,19-/m1/s1. The molecule has 3 aliphatic carbocycles. The monoisotopic (exact) mass is 487 g/mol. The van der Waals surface area contributed by atoms with Crippen LogP contribution >= 0.6 is 0 Å². The van der Waals surface area contributed by atoms with Gasteiger partial charge in [-0.15, -0.1) is 5.10 Å². The maximum atomic E-state index is 16.0. The fourth-order valence-electron chi connectivity index (χ4n) is 5.41. The molecule has 3 aromatic rings. The van der Waals surface area contributed by atoms with Crippen LogP contribution in [0.1, 0.15) is 36.1 Å². The van der Waals surface area contributed by atoms with Crippen LogP contribution < -0.4 is 0 Å². The van der Waals surface area contributed by atoms with Gasteiger partial charge >= 0.3 is 6.18 Å². The summed E-state index contributed by atoms with van der Waals surface area (Å²) < 4.78 is 99.3. The van der Waals surface area contributed by atoms with Crippen LogP contribution in [0.15, 0.2) is 42.9 Å². The van der Waals surface area contributed by atoms with E-state index in [0.717, 1.165) is 35.4 Å². The molecule has 0 radical (unpaired) electrons. The molecule has 1 N–H and O–H groups in total. The van der Waals surface area contributed by atoms with E-state index in [1.165, 1.54) is 6.07 Å². The normalized spacial score (nSPS) is 25.9. The second-order valence-corrected chi connectivity index (χ2v) is 9.09. The van der Waals surface area contributed by atoms with Gasteiger partial charge in [0.05, 0.1) is 6.54 Å². The van der Waals surface area contributed by atoms with Gasteiger partial charge in [-0.05, 0) is 58.9 Å². The third-order valence-electron chi connectivity index (χ3n) is 7.04. The van der Waals surface area contributed by atoms with Crippen molar-refractivity contribution in [2.45, 2.75) is 48.9 Å². The van der Waals surface area contributed by atoms with Crippen LogP contribution in [-0.2, 0) is 23.7 Å². The van der Waals surface area contributed by atoms with Crippen molar-refractivity contribution >= 4 is 0 Å². The molecular formula is C21H16F7N5O. The summed E-state index contributed by atoms with van der Waals surface area (Å²) in [5.41, 5.74) is -7.22. The first-order valence-corrected chi connectivity index (χ1v) is 10.1. The van der Waals surface area contributed by atoms with Gasteiger partial charge in [-0.25, -0.2) is 22.2 Å². The molecule has 3 fully saturated rings. The highest BCUT2D eigenvalue weighted by Crippen LogP contribution is 2.80. The van der Waals surface area contributed by atoms with Gasteiger partial charge in [0.15, 0.2) is 5.60 Å². The van der Waals surface area contributed by atoms with E-state index in [1.54, 1.807) is 0 Å². The van der Waals surface area contributed by atoms with Crippen LogP contribution in [0.25, 0.3) is 0 Å². The van der Waals surface area contributed by atoms with E-state index in [-0.39, 0.29) is 19.3 Å². The van der Waals surface area contributed by atoms with Crippen molar-refractivity contribution in [2.75, 3.05) is 0 Å². The Morgan fingerprint density at radius 1 is 1.00 bits per heavy atom. The van der Waals surface area contributed by atoms with Gasteiger partial charge in [-0.1, -0.05) is 6.07 Å². The molecule has 1 aromatic carbocycles.